The summed E-state index contributed by atoms with van der Waals surface area (Å²) >= 11 is 5.98. The molecular formula is C24H26ClN3O4. The zero-order valence-corrected chi connectivity index (χ0v) is 19.0. The molecule has 0 bridgehead atoms. The van der Waals surface area contributed by atoms with Gasteiger partial charge in [-0.3, -0.25) is 14.4 Å². The fourth-order valence-electron chi connectivity index (χ4n) is 4.02. The van der Waals surface area contributed by atoms with E-state index in [0.29, 0.717) is 16.3 Å². The van der Waals surface area contributed by atoms with Crippen molar-refractivity contribution < 1.29 is 19.5 Å². The molecule has 2 aliphatic rings. The van der Waals surface area contributed by atoms with Crippen LogP contribution in [0.15, 0.2) is 42.5 Å². The maximum absolute atomic E-state index is 13.4. The highest BCUT2D eigenvalue weighted by Crippen LogP contribution is 2.31. The van der Waals surface area contributed by atoms with Gasteiger partial charge < -0.3 is 20.2 Å². The number of carbonyl (C=O) groups excluding carboxylic acids is 3. The maximum Gasteiger partial charge on any atom is 0.256 e. The molecule has 2 N–H and O–H groups in total. The van der Waals surface area contributed by atoms with Gasteiger partial charge in [0.15, 0.2) is 0 Å². The summed E-state index contributed by atoms with van der Waals surface area (Å²) in [6.07, 6.45) is -1.18. The Morgan fingerprint density at radius 3 is 2.41 bits per heavy atom. The standard InChI is InChI=1S/C24H26ClN3O4/c1-24(2,3)20(29)23(32)27-10-11-28-19(13-27)21(30)26-18-9-6-15(12-17(18)22(28)31)14-4-7-16(25)8-5-14/h4-9,12,19-20,29H,10-11,13H2,1-3H3,(H,26,30)/t19-,20+/m0/s1. The van der Waals surface area contributed by atoms with Crippen molar-refractivity contribution in [3.05, 3.63) is 53.1 Å². The van der Waals surface area contributed by atoms with E-state index < -0.39 is 23.5 Å². The molecule has 0 aliphatic carbocycles. The van der Waals surface area contributed by atoms with Crippen LogP contribution in [0, 0.1) is 5.41 Å². The Morgan fingerprint density at radius 1 is 1.09 bits per heavy atom. The number of piperazine rings is 1. The molecule has 32 heavy (non-hydrogen) atoms. The molecule has 168 valence electrons. The Bertz CT molecular complexity index is 1080. The van der Waals surface area contributed by atoms with E-state index in [0.717, 1.165) is 11.1 Å². The Hall–Kier alpha value is -2.90. The molecule has 8 heteroatoms. The first kappa shape index (κ1) is 22.3. The van der Waals surface area contributed by atoms with E-state index in [1.165, 1.54) is 9.80 Å². The number of nitrogens with zero attached hydrogens (tertiary/aromatic N) is 2. The largest absolute Gasteiger partial charge is 0.383 e. The van der Waals surface area contributed by atoms with Gasteiger partial charge in [-0.15, -0.1) is 0 Å². The molecule has 2 heterocycles. The summed E-state index contributed by atoms with van der Waals surface area (Å²) in [5.41, 5.74) is 1.97. The highest BCUT2D eigenvalue weighted by atomic mass is 35.5. The lowest BCUT2D eigenvalue weighted by Crippen LogP contribution is -2.61. The molecule has 2 aromatic rings. The average Bonchev–Trinajstić information content (AvgIpc) is 2.86. The molecule has 0 saturated carbocycles. The molecule has 1 saturated heterocycles. The number of hydrogen-bond acceptors (Lipinski definition) is 4. The van der Waals surface area contributed by atoms with Crippen molar-refractivity contribution in [2.45, 2.75) is 32.9 Å². The summed E-state index contributed by atoms with van der Waals surface area (Å²) in [5, 5.41) is 13.9. The molecule has 2 aromatic carbocycles. The Morgan fingerprint density at radius 2 is 1.75 bits per heavy atom. The number of halogens is 1. The van der Waals surface area contributed by atoms with E-state index in [-0.39, 0.29) is 31.4 Å². The predicted molar refractivity (Wildman–Crippen MR) is 122 cm³/mol. The maximum atomic E-state index is 13.4. The molecule has 1 fully saturated rings. The minimum atomic E-state index is -1.18. The number of carbonyl (C=O) groups is 3. The summed E-state index contributed by atoms with van der Waals surface area (Å²) < 4.78 is 0. The minimum Gasteiger partial charge on any atom is -0.383 e. The van der Waals surface area contributed by atoms with Gasteiger partial charge in [-0.2, -0.15) is 0 Å². The number of fused-ring (bicyclic) bond motifs is 2. The van der Waals surface area contributed by atoms with Crippen molar-refractivity contribution in [2.24, 2.45) is 5.41 Å². The summed E-state index contributed by atoms with van der Waals surface area (Å²) in [5.74, 6) is -1.04. The monoisotopic (exact) mass is 455 g/mol. The summed E-state index contributed by atoms with van der Waals surface area (Å²) in [7, 11) is 0. The van der Waals surface area contributed by atoms with Crippen LogP contribution in [0.4, 0.5) is 5.69 Å². The van der Waals surface area contributed by atoms with Crippen LogP contribution >= 0.6 is 11.6 Å². The lowest BCUT2D eigenvalue weighted by molar-refractivity contribution is -0.149. The Labute approximate surface area is 192 Å². The summed E-state index contributed by atoms with van der Waals surface area (Å²) in [6, 6.07) is 11.8. The van der Waals surface area contributed by atoms with Crippen molar-refractivity contribution >= 4 is 35.0 Å². The molecule has 0 unspecified atom stereocenters. The first-order valence-electron chi connectivity index (χ1n) is 10.5. The molecule has 2 aliphatic heterocycles. The number of nitrogens with one attached hydrogen (secondary N) is 1. The zero-order valence-electron chi connectivity index (χ0n) is 18.3. The van der Waals surface area contributed by atoms with Gasteiger partial charge in [0, 0.05) is 18.1 Å². The van der Waals surface area contributed by atoms with Gasteiger partial charge >= 0.3 is 0 Å². The first-order valence-corrected chi connectivity index (χ1v) is 10.9. The molecule has 7 nitrogen and oxygen atoms in total. The lowest BCUT2D eigenvalue weighted by Gasteiger charge is -2.41. The van der Waals surface area contributed by atoms with Crippen molar-refractivity contribution in [1.82, 2.24) is 9.80 Å². The molecule has 0 spiro atoms. The number of benzene rings is 2. The molecule has 3 amide bonds. The first-order chi connectivity index (χ1) is 15.1. The van der Waals surface area contributed by atoms with Crippen molar-refractivity contribution in [3.8, 4) is 11.1 Å². The smallest absolute Gasteiger partial charge is 0.256 e. The zero-order chi connectivity index (χ0) is 23.2. The van der Waals surface area contributed by atoms with Crippen LogP contribution in [-0.2, 0) is 9.59 Å². The van der Waals surface area contributed by atoms with Crippen LogP contribution < -0.4 is 5.32 Å². The number of anilines is 1. The fourth-order valence-corrected chi connectivity index (χ4v) is 4.14. The van der Waals surface area contributed by atoms with E-state index in [4.69, 9.17) is 11.6 Å². The van der Waals surface area contributed by atoms with E-state index in [1.54, 1.807) is 45.0 Å². The minimum absolute atomic E-state index is 0.0432. The number of amides is 3. The van der Waals surface area contributed by atoms with Gasteiger partial charge in [0.25, 0.3) is 11.8 Å². The van der Waals surface area contributed by atoms with Gasteiger partial charge in [0.05, 0.1) is 17.8 Å². The topological polar surface area (TPSA) is 89.9 Å². The average molecular weight is 456 g/mol. The molecule has 2 atom stereocenters. The van der Waals surface area contributed by atoms with Gasteiger partial charge in [0.2, 0.25) is 5.91 Å². The quantitative estimate of drug-likeness (QED) is 0.728. The third-order valence-electron chi connectivity index (χ3n) is 6.00. The second-order valence-electron chi connectivity index (χ2n) is 9.32. The second kappa shape index (κ2) is 8.22. The summed E-state index contributed by atoms with van der Waals surface area (Å²) in [6.45, 7) is 5.85. The van der Waals surface area contributed by atoms with Crippen LogP contribution in [-0.4, -0.2) is 64.4 Å². The van der Waals surface area contributed by atoms with Crippen LogP contribution in [0.2, 0.25) is 5.02 Å². The third kappa shape index (κ3) is 4.10. The highest BCUT2D eigenvalue weighted by Gasteiger charge is 2.42. The highest BCUT2D eigenvalue weighted by molar-refractivity contribution is 6.30. The van der Waals surface area contributed by atoms with Gasteiger partial charge in [-0.05, 0) is 40.8 Å². The van der Waals surface area contributed by atoms with Crippen molar-refractivity contribution in [2.75, 3.05) is 25.0 Å². The lowest BCUT2D eigenvalue weighted by atomic mass is 9.88. The van der Waals surface area contributed by atoms with Crippen LogP contribution in [0.5, 0.6) is 0 Å². The number of aliphatic hydroxyl groups is 1. The number of rotatable bonds is 2. The molecule has 0 aromatic heterocycles. The van der Waals surface area contributed by atoms with Gasteiger partial charge in [0.1, 0.15) is 12.1 Å². The van der Waals surface area contributed by atoms with E-state index in [9.17, 15) is 19.5 Å². The van der Waals surface area contributed by atoms with E-state index >= 15 is 0 Å². The Balaban J connectivity index is 1.61. The SMILES string of the molecule is CC(C)(C)[C@H](O)C(=O)N1CCN2C(=O)c3cc(-c4ccc(Cl)cc4)ccc3NC(=O)[C@@H]2C1. The summed E-state index contributed by atoms with van der Waals surface area (Å²) in [4.78, 5) is 42.1. The predicted octanol–water partition coefficient (Wildman–Crippen LogP) is 3.02. The van der Waals surface area contributed by atoms with Crippen molar-refractivity contribution in [3.63, 3.8) is 0 Å². The second-order valence-corrected chi connectivity index (χ2v) is 9.76. The van der Waals surface area contributed by atoms with E-state index in [1.807, 2.05) is 18.2 Å². The molecule has 4 rings (SSSR count). The number of hydrogen-bond donors (Lipinski definition) is 2. The fraction of sp³-hybridized carbons (Fsp3) is 0.375. The van der Waals surface area contributed by atoms with Crippen LogP contribution in [0.3, 0.4) is 0 Å². The normalized spacial score (nSPS) is 19.6. The molecular weight excluding hydrogens is 430 g/mol. The molecule has 0 radical (unpaired) electrons. The van der Waals surface area contributed by atoms with Gasteiger partial charge in [-0.1, -0.05) is 50.6 Å². The van der Waals surface area contributed by atoms with Crippen molar-refractivity contribution in [1.29, 1.82) is 0 Å². The Kier molecular flexibility index (Phi) is 5.73. The van der Waals surface area contributed by atoms with Crippen LogP contribution in [0.25, 0.3) is 11.1 Å². The third-order valence-corrected chi connectivity index (χ3v) is 6.25. The van der Waals surface area contributed by atoms with Crippen LogP contribution in [0.1, 0.15) is 31.1 Å². The van der Waals surface area contributed by atoms with E-state index in [2.05, 4.69) is 5.32 Å². The number of aliphatic hydroxyl groups excluding tert-OH is 1. The van der Waals surface area contributed by atoms with Gasteiger partial charge in [-0.25, -0.2) is 0 Å².